The fourth-order valence-corrected chi connectivity index (χ4v) is 2.21. The van der Waals surface area contributed by atoms with Crippen molar-refractivity contribution in [3.05, 3.63) is 70.8 Å². The van der Waals surface area contributed by atoms with Crippen molar-refractivity contribution in [2.75, 3.05) is 0 Å². The van der Waals surface area contributed by atoms with Crippen molar-refractivity contribution < 1.29 is 37.2 Å². The molecule has 4 nitrogen and oxygen atoms in total. The quantitative estimate of drug-likeness (QED) is 0.768. The maximum Gasteiger partial charge on any atom is 2.00 e. The Morgan fingerprint density at radius 2 is 0.815 bits per heavy atom. The summed E-state index contributed by atoms with van der Waals surface area (Å²) in [6.45, 7) is 12.5. The molecule has 0 aromatic heterocycles. The fourth-order valence-electron chi connectivity index (χ4n) is 2.21. The predicted molar refractivity (Wildman–Crippen MR) is 98.9 cm³/mol. The minimum Gasteiger partial charge on any atom is -0.545 e. The average molecular weight is 406 g/mol. The van der Waals surface area contributed by atoms with E-state index in [1.807, 2.05) is 24.3 Å². The molecular weight excluding hydrogens is 380 g/mol. The molecule has 0 saturated heterocycles. The van der Waals surface area contributed by atoms with Gasteiger partial charge in [-0.2, -0.15) is 0 Å². The fraction of sp³-hybridized carbons (Fsp3) is 0.364. The Balaban J connectivity index is 0.000000483. The van der Waals surface area contributed by atoms with E-state index >= 15 is 0 Å². The zero-order chi connectivity index (χ0) is 20.1. The maximum atomic E-state index is 10.5. The van der Waals surface area contributed by atoms with Crippen LogP contribution in [-0.2, 0) is 28.2 Å². The molecule has 0 unspecified atom stereocenters. The zero-order valence-electron chi connectivity index (χ0n) is 16.7. The molecule has 5 heteroatoms. The van der Waals surface area contributed by atoms with Gasteiger partial charge in [0.1, 0.15) is 0 Å². The van der Waals surface area contributed by atoms with Crippen molar-refractivity contribution in [1.82, 2.24) is 0 Å². The van der Waals surface area contributed by atoms with Gasteiger partial charge in [0.15, 0.2) is 0 Å². The van der Waals surface area contributed by atoms with Gasteiger partial charge in [-0.1, -0.05) is 90.1 Å². The molecule has 2 aromatic carbocycles. The van der Waals surface area contributed by atoms with Gasteiger partial charge in [-0.15, -0.1) is 0 Å². The first-order valence-electron chi connectivity index (χ1n) is 8.46. The molecule has 2 rings (SSSR count). The second kappa shape index (κ2) is 9.73. The number of carboxylic acid groups (broad SMARTS) is 2. The van der Waals surface area contributed by atoms with Gasteiger partial charge in [-0.25, -0.2) is 0 Å². The smallest absolute Gasteiger partial charge is 0.545 e. The first kappa shape index (κ1) is 24.9. The van der Waals surface area contributed by atoms with Crippen molar-refractivity contribution in [1.29, 1.82) is 0 Å². The van der Waals surface area contributed by atoms with Crippen LogP contribution >= 0.6 is 0 Å². The Morgan fingerprint density at radius 1 is 0.593 bits per heavy atom. The van der Waals surface area contributed by atoms with E-state index in [0.29, 0.717) is 0 Å². The summed E-state index contributed by atoms with van der Waals surface area (Å²) in [5, 5.41) is 20.9. The van der Waals surface area contributed by atoms with Crippen LogP contribution in [0.25, 0.3) is 0 Å². The summed E-state index contributed by atoms with van der Waals surface area (Å²) in [4.78, 5) is 20.9. The van der Waals surface area contributed by atoms with Gasteiger partial charge in [0.05, 0.1) is 11.9 Å². The molecule has 0 bridgehead atoms. The number of carboxylic acids is 2. The van der Waals surface area contributed by atoms with E-state index in [9.17, 15) is 19.8 Å². The summed E-state index contributed by atoms with van der Waals surface area (Å²) in [6, 6.07) is 13.6. The number of benzene rings is 2. The summed E-state index contributed by atoms with van der Waals surface area (Å²) >= 11 is 0. The summed E-state index contributed by atoms with van der Waals surface area (Å²) in [5.74, 6) is -2.25. The minimum absolute atomic E-state index is 0. The van der Waals surface area contributed by atoms with Crippen LogP contribution in [0.3, 0.4) is 0 Å². The third-order valence-electron chi connectivity index (χ3n) is 3.97. The molecule has 0 spiro atoms. The average Bonchev–Trinajstić information content (AvgIpc) is 2.54. The van der Waals surface area contributed by atoms with Crippen LogP contribution in [0.15, 0.2) is 48.5 Å². The van der Waals surface area contributed by atoms with E-state index in [4.69, 9.17) is 0 Å². The number of carbonyl (C=O) groups excluding carboxylic acids is 2. The zero-order valence-corrected chi connectivity index (χ0v) is 17.9. The van der Waals surface area contributed by atoms with Gasteiger partial charge < -0.3 is 19.8 Å². The van der Waals surface area contributed by atoms with Crippen molar-refractivity contribution >= 4 is 11.9 Å². The van der Waals surface area contributed by atoms with Crippen molar-refractivity contribution in [3.63, 3.8) is 0 Å². The molecule has 0 heterocycles. The van der Waals surface area contributed by atoms with Gasteiger partial charge in [0.2, 0.25) is 0 Å². The second-order valence-corrected chi connectivity index (χ2v) is 8.23. The van der Waals surface area contributed by atoms with Crippen molar-refractivity contribution in [3.8, 4) is 0 Å². The predicted octanol–water partition coefficient (Wildman–Crippen LogP) is 2.69. The van der Waals surface area contributed by atoms with Gasteiger partial charge >= 0.3 is 17.4 Å². The maximum absolute atomic E-state index is 10.5. The Labute approximate surface area is 172 Å². The van der Waals surface area contributed by atoms with E-state index < -0.39 is 11.9 Å². The second-order valence-electron chi connectivity index (χ2n) is 8.23. The van der Waals surface area contributed by atoms with Crippen LogP contribution in [-0.4, -0.2) is 11.9 Å². The summed E-state index contributed by atoms with van der Waals surface area (Å²) in [5.41, 5.74) is 2.82. The number of hydrogen-bond acceptors (Lipinski definition) is 4. The largest absolute Gasteiger partial charge is 2.00 e. The van der Waals surface area contributed by atoms with E-state index in [1.54, 1.807) is 24.3 Å². The first-order valence-corrected chi connectivity index (χ1v) is 8.46. The van der Waals surface area contributed by atoms with Crippen LogP contribution in [0.4, 0.5) is 0 Å². The third kappa shape index (κ3) is 7.99. The monoisotopic (exact) mass is 406 g/mol. The molecule has 0 amide bonds. The van der Waals surface area contributed by atoms with E-state index in [2.05, 4.69) is 41.5 Å². The molecule has 0 aliphatic rings. The minimum atomic E-state index is -1.12. The van der Waals surface area contributed by atoms with Gasteiger partial charge in [0, 0.05) is 0 Å². The molecule has 0 saturated carbocycles. The van der Waals surface area contributed by atoms with E-state index in [1.165, 1.54) is 0 Å². The van der Waals surface area contributed by atoms with Crippen molar-refractivity contribution in [2.24, 2.45) is 0 Å². The standard InChI is InChI=1S/2C11H14O2.Cr/c2*1-11(2,3)9-6-4-8(5-7-9)10(12)13;/h2*4-7H,1-3H3,(H,12,13);/q;;+2/p-2. The summed E-state index contributed by atoms with van der Waals surface area (Å²) < 4.78 is 0. The molecule has 2 aromatic rings. The molecule has 0 fully saturated rings. The molecule has 27 heavy (non-hydrogen) atoms. The van der Waals surface area contributed by atoms with Crippen molar-refractivity contribution in [2.45, 2.75) is 52.4 Å². The number of hydrogen-bond donors (Lipinski definition) is 0. The van der Waals surface area contributed by atoms with E-state index in [0.717, 1.165) is 11.1 Å². The first-order chi connectivity index (χ1) is 11.8. The van der Waals surface area contributed by atoms with Crippen LogP contribution in [0.5, 0.6) is 0 Å². The molecule has 0 aliphatic heterocycles. The Kier molecular flexibility index (Phi) is 8.98. The Bertz CT molecular complexity index is 681. The number of rotatable bonds is 2. The summed E-state index contributed by atoms with van der Waals surface area (Å²) in [7, 11) is 0. The van der Waals surface area contributed by atoms with Gasteiger partial charge in [-0.05, 0) is 33.1 Å². The third-order valence-corrected chi connectivity index (χ3v) is 3.97. The molecule has 144 valence electrons. The number of carbonyl (C=O) groups is 2. The topological polar surface area (TPSA) is 80.3 Å². The van der Waals surface area contributed by atoms with Crippen LogP contribution < -0.4 is 10.2 Å². The SMILES string of the molecule is CC(C)(C)c1ccc(C(=O)[O-])cc1.CC(C)(C)c1ccc(C(=O)[O-])cc1.[Cr+2]. The Morgan fingerprint density at radius 3 is 0.963 bits per heavy atom. The molecule has 0 N–H and O–H groups in total. The van der Waals surface area contributed by atoms with Crippen LogP contribution in [0.2, 0.25) is 0 Å². The Hall–Kier alpha value is -2.09. The van der Waals surface area contributed by atoms with Gasteiger partial charge in [-0.3, -0.25) is 0 Å². The number of aromatic carboxylic acids is 2. The normalized spacial score (nSPS) is 10.9. The molecule has 0 atom stereocenters. The van der Waals surface area contributed by atoms with Gasteiger partial charge in [0.25, 0.3) is 0 Å². The molecule has 0 radical (unpaired) electrons. The molecular formula is C22H26CrO4. The van der Waals surface area contributed by atoms with Crippen LogP contribution in [0, 0.1) is 0 Å². The summed E-state index contributed by atoms with van der Waals surface area (Å²) in [6.07, 6.45) is 0. The van der Waals surface area contributed by atoms with Crippen LogP contribution in [0.1, 0.15) is 73.4 Å². The molecule has 0 aliphatic carbocycles. The van der Waals surface area contributed by atoms with E-state index in [-0.39, 0.29) is 39.3 Å².